The van der Waals surface area contributed by atoms with Crippen molar-refractivity contribution >= 4 is 41.1 Å². The van der Waals surface area contributed by atoms with Crippen LogP contribution in [0.1, 0.15) is 6.42 Å². The minimum Gasteiger partial charge on any atom is -0.468 e. The summed E-state index contributed by atoms with van der Waals surface area (Å²) in [5.74, 6) is -1.61. The van der Waals surface area contributed by atoms with Gasteiger partial charge >= 0.3 is 11.3 Å². The van der Waals surface area contributed by atoms with Gasteiger partial charge in [0.25, 0.3) is 0 Å². The van der Waals surface area contributed by atoms with Gasteiger partial charge in [0.15, 0.2) is 5.78 Å². The van der Waals surface area contributed by atoms with Crippen molar-refractivity contribution in [1.29, 1.82) is 0 Å². The second-order valence-electron chi connectivity index (χ2n) is 3.01. The van der Waals surface area contributed by atoms with E-state index in [0.717, 1.165) is 0 Å². The van der Waals surface area contributed by atoms with Gasteiger partial charge in [0.2, 0.25) is 0 Å². The number of ketones is 1. The summed E-state index contributed by atoms with van der Waals surface area (Å²) in [6, 6.07) is 0. The zero-order chi connectivity index (χ0) is 10.7. The van der Waals surface area contributed by atoms with Gasteiger partial charge in [-0.05, 0) is 18.0 Å². The number of Topliss-reactive ketones (excluding diaryl/α,β-unsaturated/α-hetero) is 1. The molecule has 0 radical (unpaired) electrons. The fraction of sp³-hybridized carbons (Fsp3) is 0.625. The Balaban J connectivity index is 0.00000196. The van der Waals surface area contributed by atoms with Crippen LogP contribution < -0.4 is 0 Å². The summed E-state index contributed by atoms with van der Waals surface area (Å²) >= 11 is 5.20. The zero-order valence-corrected chi connectivity index (χ0v) is 9.64. The molecule has 86 valence electrons. The van der Waals surface area contributed by atoms with E-state index in [2.05, 4.69) is 4.74 Å². The molecule has 0 bridgehead atoms. The minimum atomic E-state index is -0.743. The highest BCUT2D eigenvalue weighted by atomic mass is 35.5. The molecule has 5 nitrogen and oxygen atoms in total. The number of halogens is 2. The van der Waals surface area contributed by atoms with E-state index in [1.807, 2.05) is 0 Å². The predicted octanol–water partition coefficient (Wildman–Crippen LogP) is 0.831. The Morgan fingerprint density at radius 2 is 2.13 bits per heavy atom. The van der Waals surface area contributed by atoms with Crippen molar-refractivity contribution in [3.8, 4) is 0 Å². The SMILES string of the molecule is COC(=O)C1CCN(C(=O)Cl)CC1=O.Cl. The Morgan fingerprint density at radius 1 is 1.53 bits per heavy atom. The Kier molecular flexibility index (Phi) is 5.60. The lowest BCUT2D eigenvalue weighted by molar-refractivity contribution is -0.151. The summed E-state index contributed by atoms with van der Waals surface area (Å²) in [6.07, 6.45) is 0.282. The minimum absolute atomic E-state index is 0. The fourth-order valence-electron chi connectivity index (χ4n) is 1.36. The van der Waals surface area contributed by atoms with Crippen LogP contribution in [0.15, 0.2) is 0 Å². The van der Waals surface area contributed by atoms with Crippen LogP contribution in [0.2, 0.25) is 0 Å². The first kappa shape index (κ1) is 14.2. The Morgan fingerprint density at radius 3 is 2.53 bits per heavy atom. The van der Waals surface area contributed by atoms with Gasteiger partial charge in [-0.1, -0.05) is 0 Å². The van der Waals surface area contributed by atoms with Crippen molar-refractivity contribution in [3.63, 3.8) is 0 Å². The smallest absolute Gasteiger partial charge is 0.316 e. The van der Waals surface area contributed by atoms with Gasteiger partial charge in [-0.3, -0.25) is 14.4 Å². The molecule has 1 saturated heterocycles. The maximum absolute atomic E-state index is 11.4. The molecule has 1 atom stereocenters. The van der Waals surface area contributed by atoms with E-state index in [1.54, 1.807) is 0 Å². The van der Waals surface area contributed by atoms with Crippen LogP contribution in [0.4, 0.5) is 4.79 Å². The van der Waals surface area contributed by atoms with Gasteiger partial charge in [0.1, 0.15) is 5.92 Å². The third-order valence-corrected chi connectivity index (χ3v) is 2.40. The molecule has 1 aliphatic heterocycles. The molecule has 0 aromatic rings. The van der Waals surface area contributed by atoms with Crippen LogP contribution in [-0.4, -0.2) is 42.2 Å². The number of piperidine rings is 1. The van der Waals surface area contributed by atoms with Crippen molar-refractivity contribution in [2.75, 3.05) is 20.2 Å². The maximum Gasteiger partial charge on any atom is 0.316 e. The lowest BCUT2D eigenvalue weighted by Gasteiger charge is -2.27. The molecule has 1 fully saturated rings. The molecule has 1 heterocycles. The normalized spacial score (nSPS) is 20.5. The van der Waals surface area contributed by atoms with E-state index in [-0.39, 0.29) is 31.2 Å². The molecule has 0 aliphatic carbocycles. The topological polar surface area (TPSA) is 63.7 Å². The average molecular weight is 256 g/mol. The van der Waals surface area contributed by atoms with Gasteiger partial charge in [-0.25, -0.2) is 0 Å². The van der Waals surface area contributed by atoms with Crippen LogP contribution in [0.25, 0.3) is 0 Å². The second kappa shape index (κ2) is 5.92. The number of methoxy groups -OCH3 is 1. The fourth-order valence-corrected chi connectivity index (χ4v) is 1.51. The summed E-state index contributed by atoms with van der Waals surface area (Å²) in [6.45, 7) is 0.204. The average Bonchev–Trinajstić information content (AvgIpc) is 2.16. The second-order valence-corrected chi connectivity index (χ2v) is 3.33. The molecule has 1 unspecified atom stereocenters. The Hall–Kier alpha value is -0.810. The lowest BCUT2D eigenvalue weighted by atomic mass is 9.96. The quantitative estimate of drug-likeness (QED) is 0.302. The van der Waals surface area contributed by atoms with Crippen molar-refractivity contribution in [1.82, 2.24) is 4.90 Å². The maximum atomic E-state index is 11.4. The molecule has 0 aromatic heterocycles. The summed E-state index contributed by atoms with van der Waals surface area (Å²) in [7, 11) is 1.23. The molecule has 7 heteroatoms. The Labute approximate surface area is 98.1 Å². The van der Waals surface area contributed by atoms with Gasteiger partial charge in [0.05, 0.1) is 13.7 Å². The predicted molar refractivity (Wildman–Crippen MR) is 55.2 cm³/mol. The zero-order valence-electron chi connectivity index (χ0n) is 8.07. The molecule has 0 spiro atoms. The number of nitrogens with zero attached hydrogens (tertiary/aromatic N) is 1. The van der Waals surface area contributed by atoms with Gasteiger partial charge in [-0.2, -0.15) is 0 Å². The highest BCUT2D eigenvalue weighted by Crippen LogP contribution is 2.16. The summed E-state index contributed by atoms with van der Waals surface area (Å²) in [5, 5.41) is -0.665. The molecule has 0 aromatic carbocycles. The number of hydrogen-bond donors (Lipinski definition) is 0. The molecular weight excluding hydrogens is 245 g/mol. The highest BCUT2D eigenvalue weighted by Gasteiger charge is 2.34. The number of esters is 1. The first-order valence-corrected chi connectivity index (χ1v) is 4.49. The van der Waals surface area contributed by atoms with E-state index >= 15 is 0 Å². The van der Waals surface area contributed by atoms with Crippen LogP contribution in [-0.2, 0) is 14.3 Å². The first-order valence-electron chi connectivity index (χ1n) is 4.11. The largest absolute Gasteiger partial charge is 0.468 e. The number of amides is 1. The van der Waals surface area contributed by atoms with E-state index in [9.17, 15) is 14.4 Å². The molecule has 1 amide bonds. The molecule has 1 rings (SSSR count). The molecule has 0 N–H and O–H groups in total. The van der Waals surface area contributed by atoms with E-state index in [0.29, 0.717) is 6.54 Å². The molecular formula is C8H11Cl2NO4. The number of likely N-dealkylation sites (tertiary alicyclic amines) is 1. The number of rotatable bonds is 1. The molecule has 0 saturated carbocycles. The first-order chi connectivity index (χ1) is 6.56. The van der Waals surface area contributed by atoms with E-state index < -0.39 is 17.3 Å². The highest BCUT2D eigenvalue weighted by molar-refractivity contribution is 6.62. The van der Waals surface area contributed by atoms with Crippen molar-refractivity contribution < 1.29 is 19.1 Å². The summed E-state index contributed by atoms with van der Waals surface area (Å²) in [4.78, 5) is 34.3. The number of carbonyl (C=O) groups is 3. The van der Waals surface area contributed by atoms with Crippen molar-refractivity contribution in [2.45, 2.75) is 6.42 Å². The van der Waals surface area contributed by atoms with Crippen LogP contribution >= 0.6 is 24.0 Å². The molecule has 1 aliphatic rings. The standard InChI is InChI=1S/C8H10ClNO4.ClH/c1-14-7(12)5-2-3-10(8(9)13)4-6(5)11;/h5H,2-4H2,1H3;1H. The summed E-state index contributed by atoms with van der Waals surface area (Å²) in [5.41, 5.74) is 0. The van der Waals surface area contributed by atoms with Gasteiger partial charge in [0, 0.05) is 6.54 Å². The third-order valence-electron chi connectivity index (χ3n) is 2.16. The number of hydrogen-bond acceptors (Lipinski definition) is 4. The monoisotopic (exact) mass is 255 g/mol. The van der Waals surface area contributed by atoms with Crippen molar-refractivity contribution in [3.05, 3.63) is 0 Å². The molecule has 15 heavy (non-hydrogen) atoms. The van der Waals surface area contributed by atoms with Gasteiger partial charge < -0.3 is 9.64 Å². The van der Waals surface area contributed by atoms with Crippen molar-refractivity contribution in [2.24, 2.45) is 5.92 Å². The summed E-state index contributed by atoms with van der Waals surface area (Å²) < 4.78 is 4.46. The third kappa shape index (κ3) is 3.35. The van der Waals surface area contributed by atoms with Gasteiger partial charge in [-0.15, -0.1) is 12.4 Å². The van der Waals surface area contributed by atoms with E-state index in [4.69, 9.17) is 11.6 Å². The number of carbonyl (C=O) groups excluding carboxylic acids is 3. The number of ether oxygens (including phenoxy) is 1. The van der Waals surface area contributed by atoms with E-state index in [1.165, 1.54) is 12.0 Å². The lowest BCUT2D eigenvalue weighted by Crippen LogP contribution is -2.44. The van der Waals surface area contributed by atoms with Crippen LogP contribution in [0, 0.1) is 5.92 Å². The van der Waals surface area contributed by atoms with Crippen LogP contribution in [0.3, 0.4) is 0 Å². The Bertz CT molecular complexity index is 282. The van der Waals surface area contributed by atoms with Crippen LogP contribution in [0.5, 0.6) is 0 Å².